The summed E-state index contributed by atoms with van der Waals surface area (Å²) in [6, 6.07) is 8.92. The van der Waals surface area contributed by atoms with Crippen LogP contribution in [0.15, 0.2) is 47.5 Å². The number of hydrogen-bond acceptors (Lipinski definition) is 4. The second-order valence-corrected chi connectivity index (χ2v) is 6.84. The van der Waals surface area contributed by atoms with E-state index < -0.39 is 0 Å². The minimum atomic E-state index is -0.324. The summed E-state index contributed by atoms with van der Waals surface area (Å²) in [5.41, 5.74) is 1.82. The number of amides is 2. The van der Waals surface area contributed by atoms with Crippen LogP contribution in [0, 0.1) is 12.8 Å². The summed E-state index contributed by atoms with van der Waals surface area (Å²) in [6.45, 7) is 3.83. The van der Waals surface area contributed by atoms with Crippen LogP contribution in [0.25, 0.3) is 0 Å². The number of nitrogens with zero attached hydrogens (tertiary/aromatic N) is 3. The molecule has 1 N–H and O–H groups in total. The van der Waals surface area contributed by atoms with Crippen molar-refractivity contribution >= 4 is 11.8 Å². The lowest BCUT2D eigenvalue weighted by Gasteiger charge is -2.16. The maximum absolute atomic E-state index is 12.4. The van der Waals surface area contributed by atoms with E-state index in [0.717, 1.165) is 11.3 Å². The van der Waals surface area contributed by atoms with Crippen molar-refractivity contribution in [1.29, 1.82) is 0 Å². The molecule has 0 aromatic carbocycles. The molecule has 1 saturated heterocycles. The number of rotatable bonds is 7. The number of hydrogen-bond donors (Lipinski definition) is 1. The first-order chi connectivity index (χ1) is 13.0. The SMILES string of the molecule is Cc1cccc(=O)n1CCCNC(=O)C1CC(=O)N(Cc2cccnc2)C1. The average Bonchev–Trinajstić information content (AvgIpc) is 3.02. The highest BCUT2D eigenvalue weighted by atomic mass is 16.2. The molecule has 3 rings (SSSR count). The third-order valence-electron chi connectivity index (χ3n) is 4.81. The molecule has 0 bridgehead atoms. The first kappa shape index (κ1) is 18.8. The summed E-state index contributed by atoms with van der Waals surface area (Å²) in [5, 5.41) is 2.89. The summed E-state index contributed by atoms with van der Waals surface area (Å²) in [4.78, 5) is 42.1. The fourth-order valence-electron chi connectivity index (χ4n) is 3.32. The largest absolute Gasteiger partial charge is 0.356 e. The molecule has 1 aliphatic rings. The van der Waals surface area contributed by atoms with Crippen molar-refractivity contribution in [3.8, 4) is 0 Å². The number of nitrogens with one attached hydrogen (secondary N) is 1. The number of aryl methyl sites for hydroxylation is 1. The Morgan fingerprint density at radius 1 is 1.26 bits per heavy atom. The monoisotopic (exact) mass is 368 g/mol. The van der Waals surface area contributed by atoms with E-state index in [2.05, 4.69) is 10.3 Å². The fourth-order valence-corrected chi connectivity index (χ4v) is 3.32. The molecule has 1 fully saturated rings. The smallest absolute Gasteiger partial charge is 0.250 e. The molecule has 0 spiro atoms. The second kappa shape index (κ2) is 8.62. The number of aromatic nitrogens is 2. The van der Waals surface area contributed by atoms with Crippen LogP contribution in [0.1, 0.15) is 24.1 Å². The number of carbonyl (C=O) groups excluding carboxylic acids is 2. The number of pyridine rings is 2. The molecule has 27 heavy (non-hydrogen) atoms. The average molecular weight is 368 g/mol. The van der Waals surface area contributed by atoms with Crippen LogP contribution < -0.4 is 10.9 Å². The lowest BCUT2D eigenvalue weighted by atomic mass is 10.1. The molecule has 142 valence electrons. The molecule has 2 aromatic rings. The minimum absolute atomic E-state index is 0.00883. The van der Waals surface area contributed by atoms with E-state index in [0.29, 0.717) is 32.6 Å². The minimum Gasteiger partial charge on any atom is -0.356 e. The molecule has 0 aliphatic carbocycles. The zero-order valence-corrected chi connectivity index (χ0v) is 15.4. The molecule has 0 radical (unpaired) electrons. The highest BCUT2D eigenvalue weighted by Crippen LogP contribution is 2.20. The fraction of sp³-hybridized carbons (Fsp3) is 0.400. The predicted octanol–water partition coefficient (Wildman–Crippen LogP) is 1.11. The standard InChI is InChI=1S/C20H24N4O3/c1-15-5-2-7-18(25)24(15)10-4-9-22-20(27)17-11-19(26)23(14-17)13-16-6-3-8-21-12-16/h2-3,5-8,12,17H,4,9-11,13-14H2,1H3,(H,22,27). The van der Waals surface area contributed by atoms with Crippen molar-refractivity contribution in [1.82, 2.24) is 19.8 Å². The van der Waals surface area contributed by atoms with Gasteiger partial charge < -0.3 is 14.8 Å². The zero-order valence-electron chi connectivity index (χ0n) is 15.4. The summed E-state index contributed by atoms with van der Waals surface area (Å²) < 4.78 is 1.70. The summed E-state index contributed by atoms with van der Waals surface area (Å²) >= 11 is 0. The summed E-state index contributed by atoms with van der Waals surface area (Å²) in [5.74, 6) is -0.435. The van der Waals surface area contributed by atoms with Gasteiger partial charge in [-0.25, -0.2) is 0 Å². The van der Waals surface area contributed by atoms with E-state index in [1.54, 1.807) is 27.9 Å². The highest BCUT2D eigenvalue weighted by molar-refractivity contribution is 5.89. The van der Waals surface area contributed by atoms with Gasteiger partial charge in [-0.3, -0.25) is 19.4 Å². The molecular formula is C20H24N4O3. The van der Waals surface area contributed by atoms with Crippen LogP contribution >= 0.6 is 0 Å². The topological polar surface area (TPSA) is 84.3 Å². The Bertz CT molecular complexity index is 863. The van der Waals surface area contributed by atoms with Crippen molar-refractivity contribution in [3.63, 3.8) is 0 Å². The van der Waals surface area contributed by atoms with E-state index in [1.165, 1.54) is 6.07 Å². The van der Waals surface area contributed by atoms with Crippen molar-refractivity contribution in [2.75, 3.05) is 13.1 Å². The molecular weight excluding hydrogens is 344 g/mol. The second-order valence-electron chi connectivity index (χ2n) is 6.84. The van der Waals surface area contributed by atoms with Crippen LogP contribution in [-0.4, -0.2) is 39.4 Å². The van der Waals surface area contributed by atoms with E-state index in [9.17, 15) is 14.4 Å². The Hall–Kier alpha value is -2.96. The van der Waals surface area contributed by atoms with E-state index in [-0.39, 0.29) is 29.7 Å². The Morgan fingerprint density at radius 2 is 2.11 bits per heavy atom. The van der Waals surface area contributed by atoms with Crippen LogP contribution in [0.2, 0.25) is 0 Å². The molecule has 2 aromatic heterocycles. The van der Waals surface area contributed by atoms with Crippen LogP contribution in [0.4, 0.5) is 0 Å². The molecule has 1 aliphatic heterocycles. The van der Waals surface area contributed by atoms with Crippen LogP contribution in [-0.2, 0) is 22.7 Å². The maximum atomic E-state index is 12.4. The van der Waals surface area contributed by atoms with Gasteiger partial charge in [0.25, 0.3) is 5.56 Å². The number of carbonyl (C=O) groups is 2. The predicted molar refractivity (Wildman–Crippen MR) is 101 cm³/mol. The molecule has 7 nitrogen and oxygen atoms in total. The molecule has 2 amide bonds. The van der Waals surface area contributed by atoms with E-state index in [1.807, 2.05) is 25.1 Å². The van der Waals surface area contributed by atoms with Gasteiger partial charge in [0, 0.05) is 56.8 Å². The quantitative estimate of drug-likeness (QED) is 0.742. The maximum Gasteiger partial charge on any atom is 0.250 e. The zero-order chi connectivity index (χ0) is 19.2. The first-order valence-corrected chi connectivity index (χ1v) is 9.15. The lowest BCUT2D eigenvalue weighted by Crippen LogP contribution is -2.34. The molecule has 7 heteroatoms. The first-order valence-electron chi connectivity index (χ1n) is 9.15. The van der Waals surface area contributed by atoms with Crippen LogP contribution in [0.5, 0.6) is 0 Å². The molecule has 0 saturated carbocycles. The Morgan fingerprint density at radius 3 is 2.85 bits per heavy atom. The van der Waals surface area contributed by atoms with Gasteiger partial charge in [0.05, 0.1) is 5.92 Å². The Labute approximate surface area is 158 Å². The van der Waals surface area contributed by atoms with Crippen molar-refractivity contribution in [2.24, 2.45) is 5.92 Å². The molecule has 3 heterocycles. The van der Waals surface area contributed by atoms with E-state index >= 15 is 0 Å². The summed E-state index contributed by atoms with van der Waals surface area (Å²) in [7, 11) is 0. The van der Waals surface area contributed by atoms with Gasteiger partial charge >= 0.3 is 0 Å². The third-order valence-corrected chi connectivity index (χ3v) is 4.81. The van der Waals surface area contributed by atoms with Gasteiger partial charge in [-0.2, -0.15) is 0 Å². The summed E-state index contributed by atoms with van der Waals surface area (Å²) in [6.07, 6.45) is 4.32. The third kappa shape index (κ3) is 4.81. The molecule has 1 atom stereocenters. The molecule has 1 unspecified atom stereocenters. The Balaban J connectivity index is 1.45. The highest BCUT2D eigenvalue weighted by Gasteiger charge is 2.33. The van der Waals surface area contributed by atoms with E-state index in [4.69, 9.17) is 0 Å². The van der Waals surface area contributed by atoms with Crippen molar-refractivity contribution < 1.29 is 9.59 Å². The van der Waals surface area contributed by atoms with Gasteiger partial charge in [-0.1, -0.05) is 12.1 Å². The van der Waals surface area contributed by atoms with Gasteiger partial charge in [-0.15, -0.1) is 0 Å². The van der Waals surface area contributed by atoms with Gasteiger partial charge in [0.1, 0.15) is 0 Å². The number of likely N-dealkylation sites (tertiary alicyclic amines) is 1. The normalized spacial score (nSPS) is 16.6. The van der Waals surface area contributed by atoms with Crippen molar-refractivity contribution in [3.05, 3.63) is 64.3 Å². The van der Waals surface area contributed by atoms with Gasteiger partial charge in [-0.05, 0) is 31.0 Å². The Kier molecular flexibility index (Phi) is 6.01. The van der Waals surface area contributed by atoms with Crippen molar-refractivity contribution in [2.45, 2.75) is 32.9 Å². The lowest BCUT2D eigenvalue weighted by molar-refractivity contribution is -0.129. The van der Waals surface area contributed by atoms with Crippen LogP contribution in [0.3, 0.4) is 0 Å². The van der Waals surface area contributed by atoms with Gasteiger partial charge in [0.2, 0.25) is 11.8 Å². The van der Waals surface area contributed by atoms with Gasteiger partial charge in [0.15, 0.2) is 0 Å².